The first-order valence-corrected chi connectivity index (χ1v) is 6.88. The number of hydrogen-bond donors (Lipinski definition) is 2. The lowest BCUT2D eigenvalue weighted by Crippen LogP contribution is -2.50. The van der Waals surface area contributed by atoms with E-state index in [0.717, 1.165) is 37.1 Å². The third-order valence-electron chi connectivity index (χ3n) is 3.88. The molecule has 1 aromatic carbocycles. The first kappa shape index (κ1) is 13.7. The minimum atomic E-state index is -0.608. The molecular formula is C15H22N2O2. The van der Waals surface area contributed by atoms with Crippen molar-refractivity contribution in [1.82, 2.24) is 0 Å². The van der Waals surface area contributed by atoms with Gasteiger partial charge in [-0.1, -0.05) is 31.7 Å². The molecule has 1 aromatic rings. The van der Waals surface area contributed by atoms with Crippen molar-refractivity contribution in [1.29, 1.82) is 0 Å². The van der Waals surface area contributed by atoms with Crippen LogP contribution in [-0.2, 0) is 4.79 Å². The van der Waals surface area contributed by atoms with E-state index < -0.39 is 5.54 Å². The number of nitrogens with one attached hydrogen (secondary N) is 1. The van der Waals surface area contributed by atoms with E-state index in [9.17, 15) is 4.79 Å². The fraction of sp³-hybridized carbons (Fsp3) is 0.533. The first-order valence-electron chi connectivity index (χ1n) is 6.88. The number of nitrogens with two attached hydrogens (primary N) is 1. The van der Waals surface area contributed by atoms with Gasteiger partial charge in [-0.15, -0.1) is 0 Å². The maximum absolute atomic E-state index is 11.9. The summed E-state index contributed by atoms with van der Waals surface area (Å²) in [5, 5.41) is 3.35. The predicted molar refractivity (Wildman–Crippen MR) is 76.2 cm³/mol. The molecule has 104 valence electrons. The Morgan fingerprint density at radius 2 is 1.95 bits per heavy atom. The number of carbonyl (C=O) groups excluding carboxylic acids is 1. The van der Waals surface area contributed by atoms with Gasteiger partial charge in [0.1, 0.15) is 11.3 Å². The highest BCUT2D eigenvalue weighted by Gasteiger charge is 2.36. The molecule has 19 heavy (non-hydrogen) atoms. The second-order valence-corrected chi connectivity index (χ2v) is 5.22. The van der Waals surface area contributed by atoms with Gasteiger partial charge in [0.05, 0.1) is 7.11 Å². The van der Waals surface area contributed by atoms with E-state index in [2.05, 4.69) is 5.32 Å². The van der Waals surface area contributed by atoms with Crippen LogP contribution in [0, 0.1) is 0 Å². The zero-order valence-electron chi connectivity index (χ0n) is 11.4. The number of anilines is 1. The van der Waals surface area contributed by atoms with Crippen LogP contribution in [-0.4, -0.2) is 18.6 Å². The third kappa shape index (κ3) is 3.19. The fourth-order valence-corrected chi connectivity index (χ4v) is 2.74. The SMILES string of the molecule is COc1cccc(NC2(C(N)=O)CCCCCC2)c1. The van der Waals surface area contributed by atoms with Gasteiger partial charge in [-0.2, -0.15) is 0 Å². The van der Waals surface area contributed by atoms with Gasteiger partial charge in [0, 0.05) is 11.8 Å². The minimum absolute atomic E-state index is 0.253. The molecule has 0 unspecified atom stereocenters. The van der Waals surface area contributed by atoms with Gasteiger partial charge in [0.25, 0.3) is 0 Å². The lowest BCUT2D eigenvalue weighted by atomic mass is 9.89. The molecule has 1 aliphatic rings. The van der Waals surface area contributed by atoms with Crippen molar-refractivity contribution in [2.75, 3.05) is 12.4 Å². The number of benzene rings is 1. The monoisotopic (exact) mass is 262 g/mol. The highest BCUT2D eigenvalue weighted by molar-refractivity contribution is 5.88. The topological polar surface area (TPSA) is 64.3 Å². The van der Waals surface area contributed by atoms with E-state index in [4.69, 9.17) is 10.5 Å². The highest BCUT2D eigenvalue weighted by Crippen LogP contribution is 2.31. The third-order valence-corrected chi connectivity index (χ3v) is 3.88. The van der Waals surface area contributed by atoms with Crippen LogP contribution in [0.25, 0.3) is 0 Å². The Labute approximate surface area is 114 Å². The zero-order chi connectivity index (χ0) is 13.7. The number of methoxy groups -OCH3 is 1. The van der Waals surface area contributed by atoms with Crippen molar-refractivity contribution < 1.29 is 9.53 Å². The Balaban J connectivity index is 2.21. The van der Waals surface area contributed by atoms with Crippen molar-refractivity contribution >= 4 is 11.6 Å². The maximum Gasteiger partial charge on any atom is 0.243 e. The number of amides is 1. The van der Waals surface area contributed by atoms with Gasteiger partial charge in [-0.05, 0) is 25.0 Å². The van der Waals surface area contributed by atoms with E-state index >= 15 is 0 Å². The second-order valence-electron chi connectivity index (χ2n) is 5.22. The molecule has 1 amide bonds. The molecule has 0 atom stereocenters. The second kappa shape index (κ2) is 5.95. The summed E-state index contributed by atoms with van der Waals surface area (Å²) in [4.78, 5) is 11.9. The summed E-state index contributed by atoms with van der Waals surface area (Å²) < 4.78 is 5.21. The first-order chi connectivity index (χ1) is 9.16. The molecule has 4 heteroatoms. The van der Waals surface area contributed by atoms with Crippen LogP contribution < -0.4 is 15.8 Å². The summed E-state index contributed by atoms with van der Waals surface area (Å²) >= 11 is 0. The molecule has 1 fully saturated rings. The maximum atomic E-state index is 11.9. The molecule has 1 saturated carbocycles. The minimum Gasteiger partial charge on any atom is -0.497 e. The van der Waals surface area contributed by atoms with Crippen molar-refractivity contribution in [3.05, 3.63) is 24.3 Å². The van der Waals surface area contributed by atoms with E-state index in [1.807, 2.05) is 24.3 Å². The molecular weight excluding hydrogens is 240 g/mol. The standard InChI is InChI=1S/C15H22N2O2/c1-19-13-8-6-7-12(11-13)17-15(14(16)18)9-4-2-3-5-10-15/h6-8,11,17H,2-5,9-10H2,1H3,(H2,16,18). The average Bonchev–Trinajstić information content (AvgIpc) is 2.65. The number of ether oxygens (including phenoxy) is 1. The van der Waals surface area contributed by atoms with E-state index in [-0.39, 0.29) is 5.91 Å². The fourth-order valence-electron chi connectivity index (χ4n) is 2.74. The lowest BCUT2D eigenvalue weighted by molar-refractivity contribution is -0.122. The van der Waals surface area contributed by atoms with Crippen LogP contribution in [0.1, 0.15) is 38.5 Å². The number of carbonyl (C=O) groups is 1. The van der Waals surface area contributed by atoms with Gasteiger partial charge in [0.15, 0.2) is 0 Å². The summed E-state index contributed by atoms with van der Waals surface area (Å²) in [5.41, 5.74) is 5.94. The van der Waals surface area contributed by atoms with Crippen LogP contribution in [0.15, 0.2) is 24.3 Å². The molecule has 0 bridgehead atoms. The van der Waals surface area contributed by atoms with Gasteiger partial charge in [-0.3, -0.25) is 4.79 Å². The zero-order valence-corrected chi connectivity index (χ0v) is 11.4. The van der Waals surface area contributed by atoms with Crippen molar-refractivity contribution in [2.24, 2.45) is 5.73 Å². The molecule has 0 saturated heterocycles. The van der Waals surface area contributed by atoms with Crippen molar-refractivity contribution in [3.63, 3.8) is 0 Å². The number of hydrogen-bond acceptors (Lipinski definition) is 3. The van der Waals surface area contributed by atoms with Gasteiger partial charge in [0.2, 0.25) is 5.91 Å². The van der Waals surface area contributed by atoms with E-state index in [0.29, 0.717) is 0 Å². The highest BCUT2D eigenvalue weighted by atomic mass is 16.5. The quantitative estimate of drug-likeness (QED) is 0.820. The Bertz CT molecular complexity index is 438. The summed E-state index contributed by atoms with van der Waals surface area (Å²) in [6, 6.07) is 7.63. The summed E-state index contributed by atoms with van der Waals surface area (Å²) in [5.74, 6) is 0.524. The van der Waals surface area contributed by atoms with Gasteiger partial charge >= 0.3 is 0 Å². The molecule has 0 spiro atoms. The van der Waals surface area contributed by atoms with Crippen molar-refractivity contribution in [2.45, 2.75) is 44.1 Å². The average molecular weight is 262 g/mol. The predicted octanol–water partition coefficient (Wildman–Crippen LogP) is 2.69. The molecule has 4 nitrogen and oxygen atoms in total. The Morgan fingerprint density at radius 3 is 2.53 bits per heavy atom. The van der Waals surface area contributed by atoms with Crippen LogP contribution in [0.5, 0.6) is 5.75 Å². The molecule has 2 rings (SSSR count). The molecule has 0 aromatic heterocycles. The van der Waals surface area contributed by atoms with Crippen LogP contribution in [0.4, 0.5) is 5.69 Å². The number of primary amides is 1. The summed E-state index contributed by atoms with van der Waals surface area (Å²) in [6.07, 6.45) is 6.04. The van der Waals surface area contributed by atoms with Crippen LogP contribution in [0.3, 0.4) is 0 Å². The van der Waals surface area contributed by atoms with Gasteiger partial charge in [-0.25, -0.2) is 0 Å². The van der Waals surface area contributed by atoms with Crippen LogP contribution >= 0.6 is 0 Å². The summed E-state index contributed by atoms with van der Waals surface area (Å²) in [6.45, 7) is 0. The van der Waals surface area contributed by atoms with E-state index in [1.165, 1.54) is 12.8 Å². The molecule has 1 aliphatic carbocycles. The molecule has 3 N–H and O–H groups in total. The normalized spacial score (nSPS) is 18.4. The van der Waals surface area contributed by atoms with E-state index in [1.54, 1.807) is 7.11 Å². The smallest absolute Gasteiger partial charge is 0.243 e. The van der Waals surface area contributed by atoms with Crippen molar-refractivity contribution in [3.8, 4) is 5.75 Å². The Kier molecular flexibility index (Phi) is 4.30. The Hall–Kier alpha value is -1.71. The van der Waals surface area contributed by atoms with Gasteiger partial charge < -0.3 is 15.8 Å². The van der Waals surface area contributed by atoms with Crippen LogP contribution in [0.2, 0.25) is 0 Å². The largest absolute Gasteiger partial charge is 0.497 e. The molecule has 0 heterocycles. The summed E-state index contributed by atoms with van der Waals surface area (Å²) in [7, 11) is 1.63. The molecule has 0 radical (unpaired) electrons. The Morgan fingerprint density at radius 1 is 1.26 bits per heavy atom. The number of rotatable bonds is 4. The lowest BCUT2D eigenvalue weighted by Gasteiger charge is -2.31. The molecule has 0 aliphatic heterocycles.